The van der Waals surface area contributed by atoms with Crippen LogP contribution in [0.4, 0.5) is 5.69 Å². The monoisotopic (exact) mass is 343 g/mol. The van der Waals surface area contributed by atoms with Gasteiger partial charge in [0.25, 0.3) is 0 Å². The lowest BCUT2D eigenvalue weighted by Crippen LogP contribution is -2.12. The number of pyridine rings is 1. The van der Waals surface area contributed by atoms with Crippen LogP contribution in [-0.4, -0.2) is 10.9 Å². The van der Waals surface area contributed by atoms with E-state index < -0.39 is 0 Å². The molecule has 1 amide bonds. The first kappa shape index (κ1) is 16.5. The van der Waals surface area contributed by atoms with Crippen molar-refractivity contribution in [2.45, 2.75) is 25.9 Å². The summed E-state index contributed by atoms with van der Waals surface area (Å²) in [7, 11) is 0. The number of nitrogens with one attached hydrogen (secondary N) is 2. The summed E-state index contributed by atoms with van der Waals surface area (Å²) in [6, 6.07) is 18.6. The summed E-state index contributed by atoms with van der Waals surface area (Å²) in [6.07, 6.45) is 3.76. The predicted octanol–water partition coefficient (Wildman–Crippen LogP) is 4.09. The van der Waals surface area contributed by atoms with Crippen LogP contribution in [0, 0.1) is 0 Å². The van der Waals surface area contributed by atoms with Gasteiger partial charge in [-0.25, -0.2) is 0 Å². The molecule has 4 rings (SSSR count). The Hall–Kier alpha value is -2.98. The number of amides is 1. The number of fused-ring (bicyclic) bond motifs is 1. The topological polar surface area (TPSA) is 54.0 Å². The van der Waals surface area contributed by atoms with Gasteiger partial charge in [-0.05, 0) is 47.4 Å². The molecule has 3 aromatic rings. The Morgan fingerprint density at radius 2 is 1.77 bits per heavy atom. The molecule has 0 bridgehead atoms. The zero-order valence-corrected chi connectivity index (χ0v) is 14.7. The van der Waals surface area contributed by atoms with E-state index in [4.69, 9.17) is 0 Å². The molecule has 0 saturated heterocycles. The zero-order valence-electron chi connectivity index (χ0n) is 14.7. The molecule has 1 unspecified atom stereocenters. The van der Waals surface area contributed by atoms with Crippen LogP contribution in [0.15, 0.2) is 67.0 Å². The number of hydrogen-bond donors (Lipinski definition) is 2. The Labute approximate surface area is 153 Å². The molecule has 4 heteroatoms. The van der Waals surface area contributed by atoms with E-state index in [0.717, 1.165) is 41.0 Å². The summed E-state index contributed by atoms with van der Waals surface area (Å²) in [6.45, 7) is 3.53. The lowest BCUT2D eigenvalue weighted by Gasteiger charge is -2.09. The van der Waals surface area contributed by atoms with E-state index >= 15 is 0 Å². The molecular formula is C22H21N3O. The lowest BCUT2D eigenvalue weighted by molar-refractivity contribution is -0.116. The maximum Gasteiger partial charge on any atom is 0.231 e. The Morgan fingerprint density at radius 3 is 2.62 bits per heavy atom. The fourth-order valence-corrected chi connectivity index (χ4v) is 3.29. The average Bonchev–Trinajstić information content (AvgIpc) is 2.96. The van der Waals surface area contributed by atoms with Crippen LogP contribution < -0.4 is 10.6 Å². The molecule has 26 heavy (non-hydrogen) atoms. The van der Waals surface area contributed by atoms with Gasteiger partial charge in [-0.1, -0.05) is 36.4 Å². The van der Waals surface area contributed by atoms with Crippen LogP contribution in [0.1, 0.15) is 29.5 Å². The third kappa shape index (κ3) is 3.37. The van der Waals surface area contributed by atoms with Crippen molar-refractivity contribution in [3.05, 3.63) is 83.7 Å². The highest BCUT2D eigenvalue weighted by Gasteiger charge is 2.26. The number of hydrogen-bond acceptors (Lipinski definition) is 3. The van der Waals surface area contributed by atoms with Gasteiger partial charge in [0.1, 0.15) is 0 Å². The first-order valence-electron chi connectivity index (χ1n) is 8.84. The Morgan fingerprint density at radius 1 is 0.962 bits per heavy atom. The van der Waals surface area contributed by atoms with Crippen molar-refractivity contribution >= 4 is 11.6 Å². The van der Waals surface area contributed by atoms with Gasteiger partial charge >= 0.3 is 0 Å². The number of benzene rings is 2. The molecule has 1 aliphatic heterocycles. The summed E-state index contributed by atoms with van der Waals surface area (Å²) in [5.41, 5.74) is 6.53. The molecule has 1 aliphatic rings. The van der Waals surface area contributed by atoms with Crippen LogP contribution in [0.25, 0.3) is 11.1 Å². The number of aromatic nitrogens is 1. The van der Waals surface area contributed by atoms with E-state index in [2.05, 4.69) is 39.9 Å². The molecule has 2 aromatic carbocycles. The van der Waals surface area contributed by atoms with Crippen molar-refractivity contribution in [3.63, 3.8) is 0 Å². The van der Waals surface area contributed by atoms with E-state index in [-0.39, 0.29) is 11.8 Å². The quantitative estimate of drug-likeness (QED) is 0.733. The zero-order chi connectivity index (χ0) is 17.9. The standard InChI is InChI=1S/C22H21N3O/c1-15-20-10-18(7-8-21(20)25-22(15)26)19-9-17(13-24-14-19)12-23-11-16-5-3-2-4-6-16/h2-10,13-15,23H,11-12H2,1H3,(H,25,26). The Bertz CT molecular complexity index is 937. The SMILES string of the molecule is CC1C(=O)Nc2ccc(-c3cncc(CNCc4ccccc4)c3)cc21. The summed E-state index contributed by atoms with van der Waals surface area (Å²) in [5.74, 6) is -0.0391. The van der Waals surface area contributed by atoms with Gasteiger partial charge in [-0.3, -0.25) is 9.78 Å². The van der Waals surface area contributed by atoms with Crippen LogP contribution in [-0.2, 0) is 17.9 Å². The normalized spacial score (nSPS) is 15.6. The highest BCUT2D eigenvalue weighted by molar-refractivity contribution is 6.03. The van der Waals surface area contributed by atoms with Crippen LogP contribution in [0.2, 0.25) is 0 Å². The van der Waals surface area contributed by atoms with Crippen LogP contribution >= 0.6 is 0 Å². The minimum Gasteiger partial charge on any atom is -0.325 e. The summed E-state index contributed by atoms with van der Waals surface area (Å²) >= 11 is 0. The molecule has 2 N–H and O–H groups in total. The first-order valence-corrected chi connectivity index (χ1v) is 8.84. The van der Waals surface area contributed by atoms with Crippen molar-refractivity contribution < 1.29 is 4.79 Å². The number of carbonyl (C=O) groups is 1. The molecule has 0 spiro atoms. The predicted molar refractivity (Wildman–Crippen MR) is 104 cm³/mol. The van der Waals surface area contributed by atoms with Gasteiger partial charge < -0.3 is 10.6 Å². The van der Waals surface area contributed by atoms with E-state index in [1.807, 2.05) is 49.6 Å². The third-order valence-electron chi connectivity index (χ3n) is 4.80. The molecule has 0 radical (unpaired) electrons. The van der Waals surface area contributed by atoms with Crippen molar-refractivity contribution in [3.8, 4) is 11.1 Å². The van der Waals surface area contributed by atoms with Gasteiger partial charge in [-0.2, -0.15) is 0 Å². The van der Waals surface area contributed by atoms with Gasteiger partial charge in [0.15, 0.2) is 0 Å². The van der Waals surface area contributed by atoms with Crippen molar-refractivity contribution in [1.29, 1.82) is 0 Å². The van der Waals surface area contributed by atoms with Crippen molar-refractivity contribution in [2.75, 3.05) is 5.32 Å². The fourth-order valence-electron chi connectivity index (χ4n) is 3.29. The molecule has 0 aliphatic carbocycles. The molecule has 130 valence electrons. The second-order valence-corrected chi connectivity index (χ2v) is 6.68. The van der Waals surface area contributed by atoms with E-state index in [0.29, 0.717) is 0 Å². The molecule has 0 saturated carbocycles. The van der Waals surface area contributed by atoms with Crippen molar-refractivity contribution in [2.24, 2.45) is 0 Å². The van der Waals surface area contributed by atoms with E-state index in [9.17, 15) is 4.79 Å². The number of carbonyl (C=O) groups excluding carboxylic acids is 1. The smallest absolute Gasteiger partial charge is 0.231 e. The number of rotatable bonds is 5. The summed E-state index contributed by atoms with van der Waals surface area (Å²) < 4.78 is 0. The lowest BCUT2D eigenvalue weighted by atomic mass is 9.97. The van der Waals surface area contributed by atoms with Gasteiger partial charge in [0.05, 0.1) is 5.92 Å². The third-order valence-corrected chi connectivity index (χ3v) is 4.80. The molecule has 1 atom stereocenters. The van der Waals surface area contributed by atoms with Gasteiger partial charge in [-0.15, -0.1) is 0 Å². The van der Waals surface area contributed by atoms with Crippen LogP contribution in [0.5, 0.6) is 0 Å². The average molecular weight is 343 g/mol. The van der Waals surface area contributed by atoms with Crippen LogP contribution in [0.3, 0.4) is 0 Å². The minimum atomic E-state index is -0.103. The summed E-state index contributed by atoms with van der Waals surface area (Å²) in [4.78, 5) is 16.2. The molecule has 4 nitrogen and oxygen atoms in total. The fraction of sp³-hybridized carbons (Fsp3) is 0.182. The van der Waals surface area contributed by atoms with E-state index in [1.54, 1.807) is 0 Å². The number of nitrogens with zero attached hydrogens (tertiary/aromatic N) is 1. The highest BCUT2D eigenvalue weighted by Crippen LogP contribution is 2.35. The van der Waals surface area contributed by atoms with Gasteiger partial charge in [0.2, 0.25) is 5.91 Å². The van der Waals surface area contributed by atoms with Crippen molar-refractivity contribution in [1.82, 2.24) is 10.3 Å². The minimum absolute atomic E-state index is 0.0640. The maximum absolute atomic E-state index is 11.8. The molecule has 2 heterocycles. The Balaban J connectivity index is 1.49. The Kier molecular flexibility index (Phi) is 4.50. The van der Waals surface area contributed by atoms with Gasteiger partial charge in [0, 0.05) is 36.7 Å². The molecular weight excluding hydrogens is 322 g/mol. The largest absolute Gasteiger partial charge is 0.325 e. The summed E-state index contributed by atoms with van der Waals surface area (Å²) in [5, 5.41) is 6.37. The molecule has 0 fully saturated rings. The second kappa shape index (κ2) is 7.10. The molecule has 1 aromatic heterocycles. The van der Waals surface area contributed by atoms with E-state index in [1.165, 1.54) is 5.56 Å². The highest BCUT2D eigenvalue weighted by atomic mass is 16.2. The maximum atomic E-state index is 11.8. The number of anilines is 1. The first-order chi connectivity index (χ1) is 12.7. The second-order valence-electron chi connectivity index (χ2n) is 6.68.